The van der Waals surface area contributed by atoms with Crippen molar-refractivity contribution in [2.24, 2.45) is 11.7 Å². The zero-order valence-corrected chi connectivity index (χ0v) is 9.51. The molecule has 1 rings (SSSR count). The van der Waals surface area contributed by atoms with Crippen LogP contribution in [0.4, 0.5) is 0 Å². The maximum absolute atomic E-state index is 5.48. The van der Waals surface area contributed by atoms with Gasteiger partial charge in [-0.05, 0) is 45.2 Å². The summed E-state index contributed by atoms with van der Waals surface area (Å²) in [5.41, 5.74) is 5.70. The average Bonchev–Trinajstić information content (AvgIpc) is 2.60. The summed E-state index contributed by atoms with van der Waals surface area (Å²) in [5.74, 6) is 0.718. The largest absolute Gasteiger partial charge is 0.379 e. The predicted molar refractivity (Wildman–Crippen MR) is 59.3 cm³/mol. The molecule has 0 aliphatic carbocycles. The topological polar surface area (TPSA) is 47.3 Å². The summed E-state index contributed by atoms with van der Waals surface area (Å²) >= 11 is 0. The van der Waals surface area contributed by atoms with Crippen LogP contribution in [-0.4, -0.2) is 31.8 Å². The van der Waals surface area contributed by atoms with Crippen LogP contribution >= 0.6 is 0 Å². The molecule has 1 aliphatic heterocycles. The first kappa shape index (κ1) is 12.0. The van der Waals surface area contributed by atoms with E-state index >= 15 is 0 Å². The Balaban J connectivity index is 2.12. The average molecular weight is 200 g/mol. The number of nitrogens with two attached hydrogens (primary N) is 1. The van der Waals surface area contributed by atoms with Crippen LogP contribution < -0.4 is 11.1 Å². The first-order valence-corrected chi connectivity index (χ1v) is 5.69. The Morgan fingerprint density at radius 1 is 1.57 bits per heavy atom. The van der Waals surface area contributed by atoms with Crippen LogP contribution in [-0.2, 0) is 4.74 Å². The van der Waals surface area contributed by atoms with E-state index in [0.717, 1.165) is 45.1 Å². The van der Waals surface area contributed by atoms with E-state index in [1.165, 1.54) is 6.42 Å². The quantitative estimate of drug-likeness (QED) is 0.675. The van der Waals surface area contributed by atoms with Gasteiger partial charge in [0.1, 0.15) is 0 Å². The second kappa shape index (κ2) is 5.69. The molecule has 1 heterocycles. The lowest BCUT2D eigenvalue weighted by molar-refractivity contribution is 0.169. The van der Waals surface area contributed by atoms with E-state index in [4.69, 9.17) is 10.5 Å². The van der Waals surface area contributed by atoms with Gasteiger partial charge in [-0.1, -0.05) is 6.92 Å². The molecule has 14 heavy (non-hydrogen) atoms. The van der Waals surface area contributed by atoms with Gasteiger partial charge in [0.25, 0.3) is 0 Å². The van der Waals surface area contributed by atoms with Gasteiger partial charge in [-0.25, -0.2) is 0 Å². The molecule has 3 nitrogen and oxygen atoms in total. The van der Waals surface area contributed by atoms with Crippen LogP contribution in [0.15, 0.2) is 0 Å². The number of hydrogen-bond donors (Lipinski definition) is 2. The molecule has 2 unspecified atom stereocenters. The summed E-state index contributed by atoms with van der Waals surface area (Å²) in [4.78, 5) is 0. The summed E-state index contributed by atoms with van der Waals surface area (Å²) in [7, 11) is 0. The van der Waals surface area contributed by atoms with Crippen molar-refractivity contribution in [2.75, 3.05) is 26.3 Å². The molecular weight excluding hydrogens is 176 g/mol. The van der Waals surface area contributed by atoms with Gasteiger partial charge in [-0.15, -0.1) is 0 Å². The molecule has 1 fully saturated rings. The Hall–Kier alpha value is -0.120. The van der Waals surface area contributed by atoms with Crippen molar-refractivity contribution in [1.82, 2.24) is 5.32 Å². The fourth-order valence-electron chi connectivity index (χ4n) is 1.80. The third-order valence-electron chi connectivity index (χ3n) is 3.00. The minimum atomic E-state index is 0.219. The van der Waals surface area contributed by atoms with Crippen LogP contribution in [0.3, 0.4) is 0 Å². The van der Waals surface area contributed by atoms with Gasteiger partial charge in [0, 0.05) is 12.1 Å². The van der Waals surface area contributed by atoms with Gasteiger partial charge in [-0.3, -0.25) is 0 Å². The van der Waals surface area contributed by atoms with Crippen molar-refractivity contribution >= 4 is 0 Å². The molecule has 84 valence electrons. The minimum Gasteiger partial charge on any atom is -0.379 e. The Morgan fingerprint density at radius 2 is 2.36 bits per heavy atom. The van der Waals surface area contributed by atoms with E-state index in [1.54, 1.807) is 0 Å². The Labute approximate surface area is 87.4 Å². The van der Waals surface area contributed by atoms with Gasteiger partial charge in [0.2, 0.25) is 0 Å². The van der Waals surface area contributed by atoms with Crippen LogP contribution in [0.1, 0.15) is 33.1 Å². The van der Waals surface area contributed by atoms with E-state index in [9.17, 15) is 0 Å². The third-order valence-corrected chi connectivity index (χ3v) is 3.00. The van der Waals surface area contributed by atoms with E-state index < -0.39 is 0 Å². The molecule has 0 aromatic rings. The summed E-state index contributed by atoms with van der Waals surface area (Å²) in [6, 6.07) is 0. The monoisotopic (exact) mass is 200 g/mol. The van der Waals surface area contributed by atoms with Crippen LogP contribution in [0.25, 0.3) is 0 Å². The lowest BCUT2D eigenvalue weighted by Crippen LogP contribution is -2.44. The third kappa shape index (κ3) is 3.95. The molecule has 1 saturated heterocycles. The van der Waals surface area contributed by atoms with Crippen molar-refractivity contribution < 1.29 is 4.74 Å². The molecule has 3 N–H and O–H groups in total. The van der Waals surface area contributed by atoms with Crippen molar-refractivity contribution in [3.05, 3.63) is 0 Å². The molecular formula is C11H24N2O. The molecule has 0 amide bonds. The second-order valence-corrected chi connectivity index (χ2v) is 4.78. The van der Waals surface area contributed by atoms with Gasteiger partial charge in [0.15, 0.2) is 0 Å². The zero-order chi connectivity index (χ0) is 10.4. The highest BCUT2D eigenvalue weighted by Crippen LogP contribution is 2.18. The molecule has 0 aromatic heterocycles. The molecule has 2 atom stereocenters. The lowest BCUT2D eigenvalue weighted by atomic mass is 9.99. The van der Waals surface area contributed by atoms with Gasteiger partial charge >= 0.3 is 0 Å². The first-order valence-electron chi connectivity index (χ1n) is 5.69. The first-order chi connectivity index (χ1) is 6.66. The fourth-order valence-corrected chi connectivity index (χ4v) is 1.80. The highest BCUT2D eigenvalue weighted by atomic mass is 16.5. The number of hydrogen-bond acceptors (Lipinski definition) is 3. The van der Waals surface area contributed by atoms with Crippen LogP contribution in [0, 0.1) is 5.92 Å². The second-order valence-electron chi connectivity index (χ2n) is 4.78. The normalized spacial score (nSPS) is 29.4. The SMILES string of the molecule is CC(CCCN)CNC1(C)CCOC1. The Bertz CT molecular complexity index is 155. The molecule has 0 radical (unpaired) electrons. The zero-order valence-electron chi connectivity index (χ0n) is 9.51. The molecule has 0 bridgehead atoms. The van der Waals surface area contributed by atoms with E-state index in [1.807, 2.05) is 0 Å². The molecule has 0 aromatic carbocycles. The molecule has 3 heteroatoms. The lowest BCUT2D eigenvalue weighted by Gasteiger charge is -2.25. The highest BCUT2D eigenvalue weighted by molar-refractivity contribution is 4.87. The van der Waals surface area contributed by atoms with E-state index in [-0.39, 0.29) is 5.54 Å². The number of rotatable bonds is 6. The van der Waals surface area contributed by atoms with Crippen LogP contribution in [0.2, 0.25) is 0 Å². The van der Waals surface area contributed by atoms with Crippen molar-refractivity contribution in [3.63, 3.8) is 0 Å². The Kier molecular flexibility index (Phi) is 4.85. The van der Waals surface area contributed by atoms with Crippen molar-refractivity contribution in [2.45, 2.75) is 38.6 Å². The molecule has 0 saturated carbocycles. The van der Waals surface area contributed by atoms with E-state index in [2.05, 4.69) is 19.2 Å². The smallest absolute Gasteiger partial charge is 0.0646 e. The number of nitrogens with one attached hydrogen (secondary N) is 1. The summed E-state index contributed by atoms with van der Waals surface area (Å²) in [6.45, 7) is 8.18. The maximum Gasteiger partial charge on any atom is 0.0646 e. The fraction of sp³-hybridized carbons (Fsp3) is 1.00. The van der Waals surface area contributed by atoms with E-state index in [0.29, 0.717) is 0 Å². The van der Waals surface area contributed by atoms with Crippen molar-refractivity contribution in [1.29, 1.82) is 0 Å². The van der Waals surface area contributed by atoms with Crippen molar-refractivity contribution in [3.8, 4) is 0 Å². The highest BCUT2D eigenvalue weighted by Gasteiger charge is 2.28. The Morgan fingerprint density at radius 3 is 2.93 bits per heavy atom. The van der Waals surface area contributed by atoms with Gasteiger partial charge in [-0.2, -0.15) is 0 Å². The van der Waals surface area contributed by atoms with Crippen LogP contribution in [0.5, 0.6) is 0 Å². The number of ether oxygens (including phenoxy) is 1. The van der Waals surface area contributed by atoms with Gasteiger partial charge < -0.3 is 15.8 Å². The van der Waals surface area contributed by atoms with Gasteiger partial charge in [0.05, 0.1) is 6.61 Å². The maximum atomic E-state index is 5.48. The predicted octanol–water partition coefficient (Wildman–Crippen LogP) is 1.13. The minimum absolute atomic E-state index is 0.219. The summed E-state index contributed by atoms with van der Waals surface area (Å²) < 4.78 is 5.39. The molecule has 1 aliphatic rings. The standard InChI is InChI=1S/C11H24N2O/c1-10(4-3-6-12)8-13-11(2)5-7-14-9-11/h10,13H,3-9,12H2,1-2H3. The summed E-state index contributed by atoms with van der Waals surface area (Å²) in [5, 5.41) is 3.60. The summed E-state index contributed by atoms with van der Waals surface area (Å²) in [6.07, 6.45) is 3.49. The molecule has 0 spiro atoms.